The number of rotatable bonds is 10. The number of nitrogens with one attached hydrogen (secondary N) is 1. The van der Waals surface area contributed by atoms with Crippen molar-refractivity contribution in [3.8, 4) is 0 Å². The van der Waals surface area contributed by atoms with E-state index in [2.05, 4.69) is 48.8 Å². The highest BCUT2D eigenvalue weighted by Gasteiger charge is 2.36. The fourth-order valence-electron chi connectivity index (χ4n) is 3.04. The molecule has 1 aromatic rings. The third-order valence-electron chi connectivity index (χ3n) is 4.27. The molecule has 1 unspecified atom stereocenters. The number of hydrogen-bond donors (Lipinski definition) is 1. The second kappa shape index (κ2) is 8.42. The van der Waals surface area contributed by atoms with E-state index >= 15 is 0 Å². The van der Waals surface area contributed by atoms with E-state index in [4.69, 9.17) is 4.74 Å². The third-order valence-corrected chi connectivity index (χ3v) is 4.27. The molecular weight excluding hydrogens is 250 g/mol. The largest absolute Gasteiger partial charge is 0.374 e. The molecule has 0 aliphatic rings. The molecule has 0 radical (unpaired) electrons. The summed E-state index contributed by atoms with van der Waals surface area (Å²) in [7, 11) is 2.02. The monoisotopic (exact) mass is 281 g/mol. The van der Waals surface area contributed by atoms with E-state index in [-0.39, 0.29) is 11.6 Å². The average molecular weight is 281 g/mol. The van der Waals surface area contributed by atoms with Crippen molar-refractivity contribution in [3.63, 3.8) is 0 Å². The summed E-state index contributed by atoms with van der Waals surface area (Å²) in [6.07, 6.45) is 8.04. The molecular formula is C16H31N3O. The van der Waals surface area contributed by atoms with Gasteiger partial charge in [0, 0.05) is 38.0 Å². The van der Waals surface area contributed by atoms with E-state index in [0.717, 1.165) is 44.7 Å². The Labute approximate surface area is 123 Å². The summed E-state index contributed by atoms with van der Waals surface area (Å²) in [6, 6.07) is 0.287. The van der Waals surface area contributed by atoms with Gasteiger partial charge in [-0.25, -0.2) is 4.98 Å². The van der Waals surface area contributed by atoms with Crippen LogP contribution in [0.1, 0.15) is 52.8 Å². The lowest BCUT2D eigenvalue weighted by Crippen LogP contribution is -2.52. The first kappa shape index (κ1) is 17.2. The van der Waals surface area contributed by atoms with Gasteiger partial charge in [-0.1, -0.05) is 20.8 Å². The van der Waals surface area contributed by atoms with Crippen molar-refractivity contribution in [1.82, 2.24) is 14.9 Å². The SMILES string of the molecule is CCCn1ccnc1CC(NC)C(CC)(CC)OCC. The summed E-state index contributed by atoms with van der Waals surface area (Å²) in [5, 5.41) is 3.46. The zero-order valence-electron chi connectivity index (χ0n) is 13.8. The summed E-state index contributed by atoms with van der Waals surface area (Å²) < 4.78 is 8.39. The van der Waals surface area contributed by atoms with Crippen LogP contribution < -0.4 is 5.32 Å². The molecule has 1 rings (SSSR count). The first-order valence-corrected chi connectivity index (χ1v) is 7.98. The Bertz CT molecular complexity index is 372. The van der Waals surface area contributed by atoms with Gasteiger partial charge >= 0.3 is 0 Å². The van der Waals surface area contributed by atoms with E-state index in [1.54, 1.807) is 0 Å². The standard InChI is InChI=1S/C16H31N3O/c1-6-11-19-12-10-18-15(19)13-14(17-5)16(7-2,8-3)20-9-4/h10,12,14,17H,6-9,11,13H2,1-5H3. The molecule has 0 saturated heterocycles. The molecule has 1 N–H and O–H groups in total. The van der Waals surface area contributed by atoms with Crippen LogP contribution in [0.5, 0.6) is 0 Å². The van der Waals surface area contributed by atoms with E-state index in [1.807, 2.05) is 13.2 Å². The van der Waals surface area contributed by atoms with E-state index in [0.29, 0.717) is 0 Å². The molecule has 0 spiro atoms. The lowest BCUT2D eigenvalue weighted by molar-refractivity contribution is -0.0708. The highest BCUT2D eigenvalue weighted by molar-refractivity contribution is 5.01. The van der Waals surface area contributed by atoms with Gasteiger partial charge in [-0.2, -0.15) is 0 Å². The van der Waals surface area contributed by atoms with Crippen molar-refractivity contribution in [2.24, 2.45) is 0 Å². The highest BCUT2D eigenvalue weighted by atomic mass is 16.5. The van der Waals surface area contributed by atoms with E-state index < -0.39 is 0 Å². The third kappa shape index (κ3) is 3.83. The van der Waals surface area contributed by atoms with Gasteiger partial charge in [0.15, 0.2) is 0 Å². The Morgan fingerprint density at radius 3 is 2.50 bits per heavy atom. The smallest absolute Gasteiger partial charge is 0.110 e. The Hall–Kier alpha value is -0.870. The maximum Gasteiger partial charge on any atom is 0.110 e. The number of likely N-dealkylation sites (N-methyl/N-ethyl adjacent to an activating group) is 1. The van der Waals surface area contributed by atoms with Crippen LogP contribution in [0.3, 0.4) is 0 Å². The van der Waals surface area contributed by atoms with Crippen molar-refractivity contribution in [3.05, 3.63) is 18.2 Å². The Morgan fingerprint density at radius 2 is 2.00 bits per heavy atom. The van der Waals surface area contributed by atoms with Crippen LogP contribution in [0, 0.1) is 0 Å². The van der Waals surface area contributed by atoms with Gasteiger partial charge in [0.1, 0.15) is 5.82 Å². The van der Waals surface area contributed by atoms with Gasteiger partial charge in [0.25, 0.3) is 0 Å². The summed E-state index contributed by atoms with van der Waals surface area (Å²) >= 11 is 0. The number of aryl methyl sites for hydroxylation is 1. The molecule has 1 heterocycles. The fraction of sp³-hybridized carbons (Fsp3) is 0.812. The highest BCUT2D eigenvalue weighted by Crippen LogP contribution is 2.27. The number of nitrogens with zero attached hydrogens (tertiary/aromatic N) is 2. The molecule has 4 nitrogen and oxygen atoms in total. The van der Waals surface area contributed by atoms with Crippen LogP contribution in [0.15, 0.2) is 12.4 Å². The summed E-state index contributed by atoms with van der Waals surface area (Å²) in [5.74, 6) is 1.15. The van der Waals surface area contributed by atoms with Crippen molar-refractivity contribution >= 4 is 0 Å². The first-order valence-electron chi connectivity index (χ1n) is 7.98. The number of hydrogen-bond acceptors (Lipinski definition) is 3. The molecule has 0 amide bonds. The lowest BCUT2D eigenvalue weighted by Gasteiger charge is -2.39. The molecule has 0 aromatic carbocycles. The van der Waals surface area contributed by atoms with Crippen LogP contribution in [0.2, 0.25) is 0 Å². The maximum atomic E-state index is 6.13. The molecule has 20 heavy (non-hydrogen) atoms. The molecule has 1 atom stereocenters. The Morgan fingerprint density at radius 1 is 1.30 bits per heavy atom. The zero-order chi connectivity index (χ0) is 15.0. The molecule has 0 saturated carbocycles. The predicted molar refractivity (Wildman–Crippen MR) is 84.0 cm³/mol. The van der Waals surface area contributed by atoms with Gasteiger partial charge in [-0.3, -0.25) is 0 Å². The zero-order valence-corrected chi connectivity index (χ0v) is 13.8. The summed E-state index contributed by atoms with van der Waals surface area (Å²) in [5.41, 5.74) is -0.105. The van der Waals surface area contributed by atoms with Crippen LogP contribution in [0.25, 0.3) is 0 Å². The molecule has 0 bridgehead atoms. The molecule has 0 aliphatic heterocycles. The Kier molecular flexibility index (Phi) is 7.24. The maximum absolute atomic E-state index is 6.13. The van der Waals surface area contributed by atoms with Gasteiger partial charge in [-0.15, -0.1) is 0 Å². The molecule has 4 heteroatoms. The number of ether oxygens (including phenoxy) is 1. The Balaban J connectivity index is 2.91. The second-order valence-corrected chi connectivity index (χ2v) is 5.29. The summed E-state index contributed by atoms with van der Waals surface area (Å²) in [4.78, 5) is 4.53. The van der Waals surface area contributed by atoms with Gasteiger partial charge in [-0.05, 0) is 33.2 Å². The van der Waals surface area contributed by atoms with Crippen molar-refractivity contribution < 1.29 is 4.74 Å². The van der Waals surface area contributed by atoms with Gasteiger partial charge in [0.05, 0.1) is 5.60 Å². The van der Waals surface area contributed by atoms with Crippen molar-refractivity contribution in [2.45, 2.75) is 71.6 Å². The first-order chi connectivity index (χ1) is 9.67. The second-order valence-electron chi connectivity index (χ2n) is 5.29. The van der Waals surface area contributed by atoms with Gasteiger partial charge in [0.2, 0.25) is 0 Å². The van der Waals surface area contributed by atoms with Crippen molar-refractivity contribution in [2.75, 3.05) is 13.7 Å². The van der Waals surface area contributed by atoms with Crippen LogP contribution in [0.4, 0.5) is 0 Å². The minimum atomic E-state index is -0.105. The fourth-order valence-corrected chi connectivity index (χ4v) is 3.04. The molecule has 1 aromatic heterocycles. The normalized spacial score (nSPS) is 13.7. The molecule has 116 valence electrons. The van der Waals surface area contributed by atoms with Crippen LogP contribution in [-0.2, 0) is 17.7 Å². The predicted octanol–water partition coefficient (Wildman–Crippen LogP) is 3.02. The van der Waals surface area contributed by atoms with Crippen molar-refractivity contribution in [1.29, 1.82) is 0 Å². The molecule has 0 aliphatic carbocycles. The average Bonchev–Trinajstić information content (AvgIpc) is 2.90. The minimum Gasteiger partial charge on any atom is -0.374 e. The van der Waals surface area contributed by atoms with Crippen LogP contribution in [-0.4, -0.2) is 34.8 Å². The topological polar surface area (TPSA) is 39.1 Å². The summed E-state index contributed by atoms with van der Waals surface area (Å²) in [6.45, 7) is 10.5. The number of imidazole rings is 1. The quantitative estimate of drug-likeness (QED) is 0.716. The van der Waals surface area contributed by atoms with Crippen LogP contribution >= 0.6 is 0 Å². The minimum absolute atomic E-state index is 0.105. The van der Waals surface area contributed by atoms with Gasteiger partial charge < -0.3 is 14.6 Å². The lowest BCUT2D eigenvalue weighted by atomic mass is 9.86. The van der Waals surface area contributed by atoms with E-state index in [9.17, 15) is 0 Å². The van der Waals surface area contributed by atoms with E-state index in [1.165, 1.54) is 0 Å². The molecule has 0 fully saturated rings. The number of aromatic nitrogens is 2.